The smallest absolute Gasteiger partial charge is 0.303 e. The van der Waals surface area contributed by atoms with Crippen LogP contribution in [0.15, 0.2) is 12.2 Å². The fourth-order valence-corrected chi connectivity index (χ4v) is 2.16. The Balaban J connectivity index is 2.88. The Morgan fingerprint density at radius 1 is 1.13 bits per heavy atom. The fraction of sp³-hybridized carbons (Fsp3) is 0.667. The molecule has 0 spiro atoms. The summed E-state index contributed by atoms with van der Waals surface area (Å²) in [5, 5.41) is 0. The lowest BCUT2D eigenvalue weighted by atomic mass is 9.79. The standard InChI is InChI=1S/C12H18O3/c1-9(2)11(14)12(15-10(3)13)7-5-4-6-8-12/h1,4-8H2,2-3H3. The summed E-state index contributed by atoms with van der Waals surface area (Å²) in [7, 11) is 0. The van der Waals surface area contributed by atoms with E-state index in [-0.39, 0.29) is 11.8 Å². The van der Waals surface area contributed by atoms with Crippen molar-refractivity contribution >= 4 is 11.8 Å². The quantitative estimate of drug-likeness (QED) is 0.530. The normalized spacial score (nSPS) is 19.3. The second kappa shape index (κ2) is 4.60. The summed E-state index contributed by atoms with van der Waals surface area (Å²) >= 11 is 0. The van der Waals surface area contributed by atoms with Gasteiger partial charge in [-0.2, -0.15) is 0 Å². The van der Waals surface area contributed by atoms with Crippen molar-refractivity contribution in [3.8, 4) is 0 Å². The van der Waals surface area contributed by atoms with Crippen molar-refractivity contribution in [2.75, 3.05) is 0 Å². The van der Waals surface area contributed by atoms with Crippen LogP contribution in [0.25, 0.3) is 0 Å². The monoisotopic (exact) mass is 210 g/mol. The van der Waals surface area contributed by atoms with Gasteiger partial charge in [-0.15, -0.1) is 0 Å². The van der Waals surface area contributed by atoms with E-state index in [0.29, 0.717) is 18.4 Å². The SMILES string of the molecule is C=C(C)C(=O)C1(OC(C)=O)CCCCC1. The van der Waals surface area contributed by atoms with Crippen LogP contribution >= 0.6 is 0 Å². The van der Waals surface area contributed by atoms with Gasteiger partial charge in [0.25, 0.3) is 0 Å². The molecular formula is C12H18O3. The number of rotatable bonds is 3. The largest absolute Gasteiger partial charge is 0.451 e. The van der Waals surface area contributed by atoms with E-state index in [1.54, 1.807) is 6.92 Å². The topological polar surface area (TPSA) is 43.4 Å². The molecule has 15 heavy (non-hydrogen) atoms. The number of carbonyl (C=O) groups excluding carboxylic acids is 2. The molecule has 84 valence electrons. The van der Waals surface area contributed by atoms with Crippen LogP contribution in [0, 0.1) is 0 Å². The zero-order chi connectivity index (χ0) is 11.5. The first kappa shape index (κ1) is 12.0. The van der Waals surface area contributed by atoms with Crippen molar-refractivity contribution in [2.45, 2.75) is 51.6 Å². The molecular weight excluding hydrogens is 192 g/mol. The molecule has 1 fully saturated rings. The molecule has 1 saturated carbocycles. The van der Waals surface area contributed by atoms with Crippen molar-refractivity contribution in [2.24, 2.45) is 0 Å². The minimum absolute atomic E-state index is 0.114. The average Bonchev–Trinajstić information content (AvgIpc) is 2.16. The zero-order valence-electron chi connectivity index (χ0n) is 9.47. The number of hydrogen-bond donors (Lipinski definition) is 0. The third-order valence-electron chi connectivity index (χ3n) is 2.80. The number of carbonyl (C=O) groups is 2. The van der Waals surface area contributed by atoms with Gasteiger partial charge in [-0.1, -0.05) is 13.0 Å². The number of esters is 1. The highest BCUT2D eigenvalue weighted by molar-refractivity contribution is 6.02. The molecule has 0 aromatic heterocycles. The highest BCUT2D eigenvalue weighted by Gasteiger charge is 2.42. The van der Waals surface area contributed by atoms with E-state index < -0.39 is 5.60 Å². The molecule has 0 N–H and O–H groups in total. The molecule has 0 aromatic rings. The number of Topliss-reactive ketones (excluding diaryl/α,β-unsaturated/α-hetero) is 1. The zero-order valence-corrected chi connectivity index (χ0v) is 9.47. The predicted molar refractivity (Wildman–Crippen MR) is 57.4 cm³/mol. The average molecular weight is 210 g/mol. The highest BCUT2D eigenvalue weighted by Crippen LogP contribution is 2.34. The molecule has 1 aliphatic carbocycles. The van der Waals surface area contributed by atoms with Gasteiger partial charge in [0.1, 0.15) is 0 Å². The maximum atomic E-state index is 12.0. The summed E-state index contributed by atoms with van der Waals surface area (Å²) in [4.78, 5) is 23.0. The Kier molecular flexibility index (Phi) is 3.66. The summed E-state index contributed by atoms with van der Waals surface area (Å²) in [5.74, 6) is -0.496. The van der Waals surface area contributed by atoms with E-state index in [2.05, 4.69) is 6.58 Å². The van der Waals surface area contributed by atoms with Crippen LogP contribution in [0.2, 0.25) is 0 Å². The molecule has 0 atom stereocenters. The molecule has 1 rings (SSSR count). The van der Waals surface area contributed by atoms with Crippen LogP contribution in [0.1, 0.15) is 46.0 Å². The molecule has 0 bridgehead atoms. The van der Waals surface area contributed by atoms with Crippen molar-refractivity contribution < 1.29 is 14.3 Å². The summed E-state index contributed by atoms with van der Waals surface area (Å²) in [6, 6.07) is 0. The Bertz CT molecular complexity index is 285. The summed E-state index contributed by atoms with van der Waals surface area (Å²) in [5.41, 5.74) is -0.436. The van der Waals surface area contributed by atoms with Crippen molar-refractivity contribution in [3.63, 3.8) is 0 Å². The maximum Gasteiger partial charge on any atom is 0.303 e. The lowest BCUT2D eigenvalue weighted by Gasteiger charge is -2.35. The first-order valence-electron chi connectivity index (χ1n) is 5.38. The lowest BCUT2D eigenvalue weighted by molar-refractivity contribution is -0.167. The van der Waals surface area contributed by atoms with E-state index in [0.717, 1.165) is 19.3 Å². The van der Waals surface area contributed by atoms with Gasteiger partial charge in [0.05, 0.1) is 0 Å². The molecule has 1 aliphatic rings. The molecule has 3 heteroatoms. The highest BCUT2D eigenvalue weighted by atomic mass is 16.6. The van der Waals surface area contributed by atoms with E-state index in [1.807, 2.05) is 0 Å². The second-order valence-electron chi connectivity index (χ2n) is 4.26. The summed E-state index contributed by atoms with van der Waals surface area (Å²) in [6.45, 7) is 6.66. The van der Waals surface area contributed by atoms with Gasteiger partial charge in [0.2, 0.25) is 5.78 Å². The van der Waals surface area contributed by atoms with Gasteiger partial charge in [-0.05, 0) is 38.2 Å². The minimum atomic E-state index is -0.907. The van der Waals surface area contributed by atoms with Crippen molar-refractivity contribution in [1.82, 2.24) is 0 Å². The van der Waals surface area contributed by atoms with Crippen LogP contribution in [-0.4, -0.2) is 17.4 Å². The first-order chi connectivity index (χ1) is 6.98. The van der Waals surface area contributed by atoms with E-state index in [1.165, 1.54) is 6.92 Å². The Morgan fingerprint density at radius 2 is 1.67 bits per heavy atom. The molecule has 0 aliphatic heterocycles. The van der Waals surface area contributed by atoms with Crippen LogP contribution in [-0.2, 0) is 14.3 Å². The molecule has 0 aromatic carbocycles. The van der Waals surface area contributed by atoms with Gasteiger partial charge >= 0.3 is 5.97 Å². The maximum absolute atomic E-state index is 12.0. The second-order valence-corrected chi connectivity index (χ2v) is 4.26. The lowest BCUT2D eigenvalue weighted by Crippen LogP contribution is -2.45. The van der Waals surface area contributed by atoms with Crippen LogP contribution in [0.3, 0.4) is 0 Å². The number of ether oxygens (including phenoxy) is 1. The molecule has 3 nitrogen and oxygen atoms in total. The third kappa shape index (κ3) is 2.67. The Hall–Kier alpha value is -1.12. The first-order valence-corrected chi connectivity index (χ1v) is 5.38. The van der Waals surface area contributed by atoms with Gasteiger partial charge < -0.3 is 4.74 Å². The summed E-state index contributed by atoms with van der Waals surface area (Å²) < 4.78 is 5.25. The van der Waals surface area contributed by atoms with E-state index in [9.17, 15) is 9.59 Å². The van der Waals surface area contributed by atoms with Gasteiger partial charge in [0, 0.05) is 6.92 Å². The fourth-order valence-electron chi connectivity index (χ4n) is 2.16. The van der Waals surface area contributed by atoms with Crippen LogP contribution in [0.5, 0.6) is 0 Å². The van der Waals surface area contributed by atoms with Gasteiger partial charge in [-0.3, -0.25) is 9.59 Å². The van der Waals surface area contributed by atoms with Crippen LogP contribution in [0.4, 0.5) is 0 Å². The predicted octanol–water partition coefficient (Wildman–Crippen LogP) is 2.40. The molecule has 0 heterocycles. The van der Waals surface area contributed by atoms with Gasteiger partial charge in [-0.25, -0.2) is 0 Å². The number of hydrogen-bond acceptors (Lipinski definition) is 3. The molecule has 0 radical (unpaired) electrons. The van der Waals surface area contributed by atoms with E-state index in [4.69, 9.17) is 4.74 Å². The Morgan fingerprint density at radius 3 is 2.07 bits per heavy atom. The molecule has 0 saturated heterocycles. The molecule has 0 unspecified atom stereocenters. The third-order valence-corrected chi connectivity index (χ3v) is 2.80. The minimum Gasteiger partial charge on any atom is -0.451 e. The van der Waals surface area contributed by atoms with Crippen molar-refractivity contribution in [1.29, 1.82) is 0 Å². The summed E-state index contributed by atoms with van der Waals surface area (Å²) in [6.07, 6.45) is 4.25. The number of ketones is 1. The Labute approximate surface area is 90.5 Å². The molecule has 0 amide bonds. The van der Waals surface area contributed by atoms with Crippen molar-refractivity contribution in [3.05, 3.63) is 12.2 Å². The van der Waals surface area contributed by atoms with Crippen LogP contribution < -0.4 is 0 Å². The van der Waals surface area contributed by atoms with Gasteiger partial charge in [0.15, 0.2) is 5.60 Å². The van der Waals surface area contributed by atoms with E-state index >= 15 is 0 Å².